The van der Waals surface area contributed by atoms with E-state index in [1.54, 1.807) is 17.0 Å². The second-order valence-corrected chi connectivity index (χ2v) is 9.08. The molecule has 31 heavy (non-hydrogen) atoms. The van der Waals surface area contributed by atoms with E-state index in [1.165, 1.54) is 12.1 Å². The van der Waals surface area contributed by atoms with Gasteiger partial charge in [0.1, 0.15) is 18.4 Å². The van der Waals surface area contributed by atoms with E-state index in [-0.39, 0.29) is 30.2 Å². The highest BCUT2D eigenvalue weighted by Gasteiger charge is 2.44. The first-order valence-electron chi connectivity index (χ1n) is 11.3. The molecular formula is C26H31FN2O2. The summed E-state index contributed by atoms with van der Waals surface area (Å²) in [6.45, 7) is 5.02. The Morgan fingerprint density at radius 1 is 0.968 bits per heavy atom. The van der Waals surface area contributed by atoms with Crippen LogP contribution in [-0.2, 0) is 16.0 Å². The van der Waals surface area contributed by atoms with E-state index in [4.69, 9.17) is 0 Å². The van der Waals surface area contributed by atoms with Crippen molar-refractivity contribution >= 4 is 11.8 Å². The lowest BCUT2D eigenvalue weighted by Gasteiger charge is -2.47. The lowest BCUT2D eigenvalue weighted by molar-refractivity contribution is -0.160. The average molecular weight is 423 g/mol. The van der Waals surface area contributed by atoms with Gasteiger partial charge >= 0.3 is 0 Å². The number of rotatable bonds is 5. The van der Waals surface area contributed by atoms with Gasteiger partial charge in [0.25, 0.3) is 5.91 Å². The highest BCUT2D eigenvalue weighted by atomic mass is 19.1. The number of hydrogen-bond donors (Lipinski definition) is 0. The molecule has 4 rings (SSSR count). The van der Waals surface area contributed by atoms with Crippen LogP contribution in [0, 0.1) is 17.7 Å². The van der Waals surface area contributed by atoms with Crippen LogP contribution in [0.25, 0.3) is 0 Å². The van der Waals surface area contributed by atoms with Gasteiger partial charge in [-0.15, -0.1) is 0 Å². The molecule has 1 saturated heterocycles. The van der Waals surface area contributed by atoms with Crippen molar-refractivity contribution in [3.8, 4) is 0 Å². The molecule has 2 aromatic carbocycles. The molecule has 2 aromatic rings. The van der Waals surface area contributed by atoms with Gasteiger partial charge in [0.15, 0.2) is 0 Å². The zero-order chi connectivity index (χ0) is 22.0. The number of piperazine rings is 1. The summed E-state index contributed by atoms with van der Waals surface area (Å²) in [4.78, 5) is 30.6. The Balaban J connectivity index is 1.63. The second kappa shape index (κ2) is 9.21. The highest BCUT2D eigenvalue weighted by Crippen LogP contribution is 2.37. The van der Waals surface area contributed by atoms with Crippen LogP contribution in [0.2, 0.25) is 0 Å². The van der Waals surface area contributed by atoms with Crippen molar-refractivity contribution in [2.24, 2.45) is 11.8 Å². The predicted molar refractivity (Wildman–Crippen MR) is 119 cm³/mol. The van der Waals surface area contributed by atoms with Gasteiger partial charge in [-0.3, -0.25) is 9.59 Å². The molecule has 2 aliphatic rings. The lowest BCUT2D eigenvalue weighted by atomic mass is 9.77. The SMILES string of the molecule is C[C@@H]1[C@H](C)CCC[C@@H]1N1CC(=O)N(CCc2ccccc2)[C@@H](c2ccc(F)cc2)C1=O. The minimum absolute atomic E-state index is 0.0321. The van der Waals surface area contributed by atoms with Gasteiger partial charge < -0.3 is 9.80 Å². The van der Waals surface area contributed by atoms with Crippen LogP contribution in [0.15, 0.2) is 54.6 Å². The summed E-state index contributed by atoms with van der Waals surface area (Å²) in [6.07, 6.45) is 3.85. The summed E-state index contributed by atoms with van der Waals surface area (Å²) in [7, 11) is 0. The molecular weight excluding hydrogens is 391 g/mol. The number of benzene rings is 2. The fraction of sp³-hybridized carbons (Fsp3) is 0.462. The summed E-state index contributed by atoms with van der Waals surface area (Å²) in [5, 5.41) is 0. The number of nitrogens with zero attached hydrogens (tertiary/aromatic N) is 2. The second-order valence-electron chi connectivity index (χ2n) is 9.08. The summed E-state index contributed by atoms with van der Waals surface area (Å²) < 4.78 is 13.6. The number of carbonyl (C=O) groups excluding carboxylic acids is 2. The van der Waals surface area contributed by atoms with E-state index in [0.717, 1.165) is 24.8 Å². The molecule has 1 saturated carbocycles. The van der Waals surface area contributed by atoms with Gasteiger partial charge in [-0.2, -0.15) is 0 Å². The molecule has 4 atom stereocenters. The minimum Gasteiger partial charge on any atom is -0.328 e. The van der Waals surface area contributed by atoms with Gasteiger partial charge in [-0.05, 0) is 47.9 Å². The van der Waals surface area contributed by atoms with Crippen LogP contribution >= 0.6 is 0 Å². The van der Waals surface area contributed by atoms with E-state index in [1.807, 2.05) is 35.2 Å². The zero-order valence-corrected chi connectivity index (χ0v) is 18.3. The van der Waals surface area contributed by atoms with Crippen molar-refractivity contribution in [3.05, 3.63) is 71.5 Å². The Labute approximate surface area is 184 Å². The van der Waals surface area contributed by atoms with E-state index in [2.05, 4.69) is 13.8 Å². The van der Waals surface area contributed by atoms with Crippen LogP contribution in [0.1, 0.15) is 50.3 Å². The van der Waals surface area contributed by atoms with Gasteiger partial charge in [-0.25, -0.2) is 4.39 Å². The average Bonchev–Trinajstić information content (AvgIpc) is 2.77. The van der Waals surface area contributed by atoms with Crippen LogP contribution in [0.5, 0.6) is 0 Å². The molecule has 164 valence electrons. The minimum atomic E-state index is -0.699. The monoisotopic (exact) mass is 422 g/mol. The molecule has 0 spiro atoms. The molecule has 0 N–H and O–H groups in total. The summed E-state index contributed by atoms with van der Waals surface area (Å²) in [5.74, 6) is 0.471. The Morgan fingerprint density at radius 3 is 2.39 bits per heavy atom. The summed E-state index contributed by atoms with van der Waals surface area (Å²) in [6, 6.07) is 15.4. The van der Waals surface area contributed by atoms with Gasteiger partial charge in [0, 0.05) is 12.6 Å². The Hall–Kier alpha value is -2.69. The lowest BCUT2D eigenvalue weighted by Crippen LogP contribution is -2.60. The predicted octanol–water partition coefficient (Wildman–Crippen LogP) is 4.61. The molecule has 1 aliphatic carbocycles. The maximum atomic E-state index is 13.8. The molecule has 0 bridgehead atoms. The fourth-order valence-electron chi connectivity index (χ4n) is 5.14. The molecule has 0 radical (unpaired) electrons. The van der Waals surface area contributed by atoms with Gasteiger partial charge in [0.2, 0.25) is 5.91 Å². The van der Waals surface area contributed by atoms with E-state index in [0.29, 0.717) is 30.4 Å². The standard InChI is InChI=1S/C26H31FN2O2/c1-18-7-6-10-23(19(18)2)29-17-24(30)28(16-15-20-8-4-3-5-9-20)25(26(29)31)21-11-13-22(27)14-12-21/h3-5,8-9,11-14,18-19,23,25H,6-7,10,15-17H2,1-2H3/t18-,19-,23+,25+/m1/s1. The van der Waals surface area contributed by atoms with Crippen molar-refractivity contribution in [3.63, 3.8) is 0 Å². The molecule has 0 aromatic heterocycles. The number of carbonyl (C=O) groups is 2. The first-order valence-corrected chi connectivity index (χ1v) is 11.3. The topological polar surface area (TPSA) is 40.6 Å². The van der Waals surface area contributed by atoms with Gasteiger partial charge in [0.05, 0.1) is 0 Å². The Kier molecular flexibility index (Phi) is 6.40. The van der Waals surface area contributed by atoms with Crippen LogP contribution in [-0.4, -0.2) is 40.7 Å². The van der Waals surface area contributed by atoms with Crippen LogP contribution in [0.4, 0.5) is 4.39 Å². The van der Waals surface area contributed by atoms with Crippen molar-refractivity contribution < 1.29 is 14.0 Å². The van der Waals surface area contributed by atoms with E-state index >= 15 is 0 Å². The number of halogens is 1. The third-order valence-electron chi connectivity index (χ3n) is 7.19. The third-order valence-corrected chi connectivity index (χ3v) is 7.19. The highest BCUT2D eigenvalue weighted by molar-refractivity contribution is 5.95. The Bertz CT molecular complexity index is 915. The quantitative estimate of drug-likeness (QED) is 0.706. The first kappa shape index (κ1) is 21.5. The normalized spacial score (nSPS) is 26.9. The first-order chi connectivity index (χ1) is 15.0. The molecule has 1 aliphatic heterocycles. The summed E-state index contributed by atoms with van der Waals surface area (Å²) >= 11 is 0. The Morgan fingerprint density at radius 2 is 1.68 bits per heavy atom. The van der Waals surface area contributed by atoms with E-state index in [9.17, 15) is 14.0 Å². The van der Waals surface area contributed by atoms with Crippen LogP contribution in [0.3, 0.4) is 0 Å². The smallest absolute Gasteiger partial charge is 0.250 e. The molecule has 5 heteroatoms. The third kappa shape index (κ3) is 4.51. The molecule has 2 amide bonds. The molecule has 4 nitrogen and oxygen atoms in total. The number of amides is 2. The van der Waals surface area contributed by atoms with Gasteiger partial charge in [-0.1, -0.05) is 69.2 Å². The van der Waals surface area contributed by atoms with Crippen LogP contribution < -0.4 is 0 Å². The maximum Gasteiger partial charge on any atom is 0.250 e. The molecule has 2 fully saturated rings. The van der Waals surface area contributed by atoms with Crippen molar-refractivity contribution in [2.45, 2.75) is 51.6 Å². The van der Waals surface area contributed by atoms with Crippen molar-refractivity contribution in [2.75, 3.05) is 13.1 Å². The van der Waals surface area contributed by atoms with Crippen molar-refractivity contribution in [1.82, 2.24) is 9.80 Å². The van der Waals surface area contributed by atoms with E-state index < -0.39 is 6.04 Å². The maximum absolute atomic E-state index is 13.8. The summed E-state index contributed by atoms with van der Waals surface area (Å²) in [5.41, 5.74) is 1.80. The number of hydrogen-bond acceptors (Lipinski definition) is 2. The van der Waals surface area contributed by atoms with Crippen molar-refractivity contribution in [1.29, 1.82) is 0 Å². The fourth-order valence-corrected chi connectivity index (χ4v) is 5.14. The molecule has 1 heterocycles. The largest absolute Gasteiger partial charge is 0.328 e. The zero-order valence-electron chi connectivity index (χ0n) is 18.3. The molecule has 0 unspecified atom stereocenters.